The maximum Gasteiger partial charge on any atom is 0.224 e. The smallest absolute Gasteiger partial charge is 0.224 e. The number of benzene rings is 1. The highest BCUT2D eigenvalue weighted by Gasteiger charge is 2.26. The minimum Gasteiger partial charge on any atom is -0.356 e. The van der Waals surface area contributed by atoms with E-state index in [1.54, 1.807) is 18.3 Å². The number of rotatable bonds is 5. The first-order valence-corrected chi connectivity index (χ1v) is 9.14. The SMILES string of the molecule is CC(C)CNC(=O)[C@@H]1CCCN(c2ccnc(-c3ccc(F)cc3)n2)C1. The van der Waals surface area contributed by atoms with Crippen LogP contribution in [0.3, 0.4) is 0 Å². The Labute approximate surface area is 153 Å². The minimum atomic E-state index is -0.281. The van der Waals surface area contributed by atoms with Gasteiger partial charge in [0.2, 0.25) is 5.91 Å². The highest BCUT2D eigenvalue weighted by molar-refractivity contribution is 5.79. The predicted molar refractivity (Wildman–Crippen MR) is 100 cm³/mol. The van der Waals surface area contributed by atoms with Crippen molar-refractivity contribution in [2.45, 2.75) is 26.7 Å². The van der Waals surface area contributed by atoms with E-state index in [1.165, 1.54) is 12.1 Å². The van der Waals surface area contributed by atoms with Crippen molar-refractivity contribution in [3.8, 4) is 11.4 Å². The molecule has 1 saturated heterocycles. The lowest BCUT2D eigenvalue weighted by Crippen LogP contribution is -2.44. The molecule has 6 heteroatoms. The lowest BCUT2D eigenvalue weighted by molar-refractivity contribution is -0.125. The lowest BCUT2D eigenvalue weighted by atomic mass is 9.97. The van der Waals surface area contributed by atoms with Crippen LogP contribution >= 0.6 is 0 Å². The van der Waals surface area contributed by atoms with Gasteiger partial charge in [-0.25, -0.2) is 14.4 Å². The van der Waals surface area contributed by atoms with Gasteiger partial charge in [0.15, 0.2) is 5.82 Å². The first kappa shape index (κ1) is 18.3. The summed E-state index contributed by atoms with van der Waals surface area (Å²) in [5.74, 6) is 1.63. The molecule has 1 aromatic heterocycles. The third-order valence-corrected chi connectivity index (χ3v) is 4.54. The summed E-state index contributed by atoms with van der Waals surface area (Å²) in [6.07, 6.45) is 3.56. The number of hydrogen-bond donors (Lipinski definition) is 1. The first-order valence-electron chi connectivity index (χ1n) is 9.14. The highest BCUT2D eigenvalue weighted by atomic mass is 19.1. The molecule has 1 aliphatic rings. The Hall–Kier alpha value is -2.50. The molecule has 2 aromatic rings. The summed E-state index contributed by atoms with van der Waals surface area (Å²) in [5, 5.41) is 3.03. The van der Waals surface area contributed by atoms with E-state index in [1.807, 2.05) is 6.07 Å². The second kappa shape index (κ2) is 8.25. The van der Waals surface area contributed by atoms with Crippen molar-refractivity contribution in [1.29, 1.82) is 0 Å². The second-order valence-corrected chi connectivity index (χ2v) is 7.17. The van der Waals surface area contributed by atoms with E-state index >= 15 is 0 Å². The number of anilines is 1. The van der Waals surface area contributed by atoms with E-state index in [0.29, 0.717) is 24.8 Å². The first-order chi connectivity index (χ1) is 12.5. The molecule has 1 amide bonds. The van der Waals surface area contributed by atoms with E-state index in [2.05, 4.69) is 34.0 Å². The Balaban J connectivity index is 1.71. The van der Waals surface area contributed by atoms with Gasteiger partial charge in [-0.3, -0.25) is 4.79 Å². The molecule has 0 unspecified atom stereocenters. The van der Waals surface area contributed by atoms with Gasteiger partial charge in [0.05, 0.1) is 5.92 Å². The standard InChI is InChI=1S/C20H25FN4O/c1-14(2)12-23-20(26)16-4-3-11-25(13-16)18-9-10-22-19(24-18)15-5-7-17(21)8-6-15/h5-10,14,16H,3-4,11-13H2,1-2H3,(H,23,26)/t16-/m1/s1. The summed E-state index contributed by atoms with van der Waals surface area (Å²) in [5.41, 5.74) is 0.775. The Bertz CT molecular complexity index is 748. The van der Waals surface area contributed by atoms with Crippen LogP contribution in [0.2, 0.25) is 0 Å². The van der Waals surface area contributed by atoms with Crippen LogP contribution in [0.4, 0.5) is 10.2 Å². The zero-order chi connectivity index (χ0) is 18.5. The van der Waals surface area contributed by atoms with Crippen molar-refractivity contribution >= 4 is 11.7 Å². The van der Waals surface area contributed by atoms with Crippen LogP contribution in [0.25, 0.3) is 11.4 Å². The molecule has 3 rings (SSSR count). The summed E-state index contributed by atoms with van der Waals surface area (Å²) in [6.45, 7) is 6.41. The number of halogens is 1. The molecule has 26 heavy (non-hydrogen) atoms. The van der Waals surface area contributed by atoms with Gasteiger partial charge in [0.1, 0.15) is 11.6 Å². The normalized spacial score (nSPS) is 17.4. The zero-order valence-corrected chi connectivity index (χ0v) is 15.3. The molecule has 1 fully saturated rings. The van der Waals surface area contributed by atoms with E-state index in [-0.39, 0.29) is 17.6 Å². The number of carbonyl (C=O) groups is 1. The molecule has 1 N–H and O–H groups in total. The van der Waals surface area contributed by atoms with Crippen molar-refractivity contribution in [3.05, 3.63) is 42.3 Å². The molecule has 0 spiro atoms. The average molecular weight is 356 g/mol. The van der Waals surface area contributed by atoms with Gasteiger partial charge < -0.3 is 10.2 Å². The van der Waals surface area contributed by atoms with E-state index in [4.69, 9.17) is 0 Å². The second-order valence-electron chi connectivity index (χ2n) is 7.17. The molecule has 0 bridgehead atoms. The monoisotopic (exact) mass is 356 g/mol. The topological polar surface area (TPSA) is 58.1 Å². The zero-order valence-electron chi connectivity index (χ0n) is 15.3. The third kappa shape index (κ3) is 4.56. The van der Waals surface area contributed by atoms with Gasteiger partial charge in [-0.15, -0.1) is 0 Å². The van der Waals surface area contributed by atoms with Crippen molar-refractivity contribution < 1.29 is 9.18 Å². The molecular weight excluding hydrogens is 331 g/mol. The fourth-order valence-electron chi connectivity index (χ4n) is 3.11. The number of nitrogens with one attached hydrogen (secondary N) is 1. The number of hydrogen-bond acceptors (Lipinski definition) is 4. The molecule has 138 valence electrons. The van der Waals surface area contributed by atoms with E-state index in [9.17, 15) is 9.18 Å². The van der Waals surface area contributed by atoms with Gasteiger partial charge >= 0.3 is 0 Å². The molecule has 1 atom stereocenters. The van der Waals surface area contributed by atoms with Crippen LogP contribution in [-0.4, -0.2) is 35.5 Å². The molecular formula is C20H25FN4O. The Morgan fingerprint density at radius 1 is 1.31 bits per heavy atom. The highest BCUT2D eigenvalue weighted by Crippen LogP contribution is 2.24. The van der Waals surface area contributed by atoms with Crippen molar-refractivity contribution in [1.82, 2.24) is 15.3 Å². The van der Waals surface area contributed by atoms with Crippen LogP contribution in [-0.2, 0) is 4.79 Å². The van der Waals surface area contributed by atoms with E-state index < -0.39 is 0 Å². The fourth-order valence-corrected chi connectivity index (χ4v) is 3.11. The fraction of sp³-hybridized carbons (Fsp3) is 0.450. The van der Waals surface area contributed by atoms with Gasteiger partial charge in [-0.2, -0.15) is 0 Å². The summed E-state index contributed by atoms with van der Waals surface area (Å²) < 4.78 is 13.1. The van der Waals surface area contributed by atoms with Crippen LogP contribution in [0.5, 0.6) is 0 Å². The van der Waals surface area contributed by atoms with Gasteiger partial charge in [0.25, 0.3) is 0 Å². The minimum absolute atomic E-state index is 0.0215. The molecule has 0 radical (unpaired) electrons. The summed E-state index contributed by atoms with van der Waals surface area (Å²) in [6, 6.07) is 8.02. The Kier molecular flexibility index (Phi) is 5.81. The summed E-state index contributed by atoms with van der Waals surface area (Å²) >= 11 is 0. The maximum atomic E-state index is 13.1. The van der Waals surface area contributed by atoms with Crippen molar-refractivity contribution in [2.75, 3.05) is 24.5 Å². The maximum absolute atomic E-state index is 13.1. The van der Waals surface area contributed by atoms with Crippen LogP contribution in [0.15, 0.2) is 36.5 Å². The summed E-state index contributed by atoms with van der Waals surface area (Å²) in [7, 11) is 0. The largest absolute Gasteiger partial charge is 0.356 e. The molecule has 2 heterocycles. The predicted octanol–water partition coefficient (Wildman–Crippen LogP) is 3.27. The number of carbonyl (C=O) groups excluding carboxylic acids is 1. The number of piperidine rings is 1. The lowest BCUT2D eigenvalue weighted by Gasteiger charge is -2.33. The van der Waals surface area contributed by atoms with Crippen LogP contribution in [0, 0.1) is 17.7 Å². The van der Waals surface area contributed by atoms with Crippen molar-refractivity contribution in [3.63, 3.8) is 0 Å². The number of amides is 1. The average Bonchev–Trinajstić information content (AvgIpc) is 2.67. The molecule has 0 saturated carbocycles. The molecule has 1 aliphatic heterocycles. The van der Waals surface area contributed by atoms with E-state index in [0.717, 1.165) is 30.8 Å². The quantitative estimate of drug-likeness (QED) is 0.893. The molecule has 0 aliphatic carbocycles. The summed E-state index contributed by atoms with van der Waals surface area (Å²) in [4.78, 5) is 23.5. The third-order valence-electron chi connectivity index (χ3n) is 4.54. The van der Waals surface area contributed by atoms with Gasteiger partial charge in [-0.05, 0) is 49.1 Å². The van der Waals surface area contributed by atoms with Gasteiger partial charge in [0, 0.05) is 31.4 Å². The number of nitrogens with zero attached hydrogens (tertiary/aromatic N) is 3. The molecule has 5 nitrogen and oxygen atoms in total. The Morgan fingerprint density at radius 3 is 2.81 bits per heavy atom. The van der Waals surface area contributed by atoms with Crippen LogP contribution in [0.1, 0.15) is 26.7 Å². The number of aromatic nitrogens is 2. The Morgan fingerprint density at radius 2 is 2.08 bits per heavy atom. The molecule has 1 aromatic carbocycles. The van der Waals surface area contributed by atoms with Crippen LogP contribution < -0.4 is 10.2 Å². The van der Waals surface area contributed by atoms with Crippen molar-refractivity contribution in [2.24, 2.45) is 11.8 Å². The van der Waals surface area contributed by atoms with Gasteiger partial charge in [-0.1, -0.05) is 13.8 Å².